The molecule has 0 aromatic heterocycles. The number of carboxylic acids is 1. The number of rotatable bonds is 6. The van der Waals surface area contributed by atoms with Gasteiger partial charge in [-0.1, -0.05) is 6.07 Å². The standard InChI is InChI=1S/C15H19FN2O3/c1-9-3-4-11(7-13(9)16)17-14(19)8-18(12-5-6-12)10(2)15(20)21/h3-4,7,10,12H,5-6,8H2,1-2H3,(H,17,19)(H,20,21). The molecule has 1 aliphatic rings. The molecular formula is C15H19FN2O3. The Morgan fingerprint density at radius 3 is 2.67 bits per heavy atom. The first-order valence-corrected chi connectivity index (χ1v) is 6.93. The second-order valence-electron chi connectivity index (χ2n) is 5.43. The van der Waals surface area contributed by atoms with E-state index in [1.165, 1.54) is 6.07 Å². The number of carbonyl (C=O) groups excluding carboxylic acids is 1. The van der Waals surface area contributed by atoms with Gasteiger partial charge in [-0.3, -0.25) is 14.5 Å². The van der Waals surface area contributed by atoms with Gasteiger partial charge < -0.3 is 10.4 Å². The number of carbonyl (C=O) groups is 2. The summed E-state index contributed by atoms with van der Waals surface area (Å²) in [4.78, 5) is 24.8. The Balaban J connectivity index is 1.99. The van der Waals surface area contributed by atoms with Gasteiger partial charge in [0.2, 0.25) is 5.91 Å². The summed E-state index contributed by atoms with van der Waals surface area (Å²) in [7, 11) is 0. The van der Waals surface area contributed by atoms with E-state index in [9.17, 15) is 14.0 Å². The van der Waals surface area contributed by atoms with E-state index >= 15 is 0 Å². The lowest BCUT2D eigenvalue weighted by atomic mass is 10.2. The summed E-state index contributed by atoms with van der Waals surface area (Å²) in [5.74, 6) is -1.67. The Kier molecular flexibility index (Phi) is 4.57. The van der Waals surface area contributed by atoms with Crippen molar-refractivity contribution in [3.63, 3.8) is 0 Å². The highest BCUT2D eigenvalue weighted by molar-refractivity contribution is 5.92. The molecule has 0 spiro atoms. The predicted molar refractivity (Wildman–Crippen MR) is 76.6 cm³/mol. The molecule has 0 bridgehead atoms. The predicted octanol–water partition coefficient (Wildman–Crippen LogP) is 2.01. The molecule has 0 radical (unpaired) electrons. The summed E-state index contributed by atoms with van der Waals surface area (Å²) in [6.45, 7) is 3.21. The zero-order valence-electron chi connectivity index (χ0n) is 12.1. The molecule has 5 nitrogen and oxygen atoms in total. The van der Waals surface area contributed by atoms with Crippen LogP contribution in [-0.4, -0.2) is 40.5 Å². The van der Waals surface area contributed by atoms with E-state index in [-0.39, 0.29) is 24.3 Å². The fourth-order valence-electron chi connectivity index (χ4n) is 2.17. The van der Waals surface area contributed by atoms with Gasteiger partial charge >= 0.3 is 5.97 Å². The number of benzene rings is 1. The second kappa shape index (κ2) is 6.22. The van der Waals surface area contributed by atoms with Crippen LogP contribution in [0.25, 0.3) is 0 Å². The molecule has 1 amide bonds. The highest BCUT2D eigenvalue weighted by Crippen LogP contribution is 2.28. The van der Waals surface area contributed by atoms with Gasteiger partial charge in [-0.25, -0.2) is 4.39 Å². The van der Waals surface area contributed by atoms with Crippen molar-refractivity contribution >= 4 is 17.6 Å². The molecule has 1 fully saturated rings. The Labute approximate surface area is 122 Å². The summed E-state index contributed by atoms with van der Waals surface area (Å²) >= 11 is 0. The molecule has 1 unspecified atom stereocenters. The van der Waals surface area contributed by atoms with Gasteiger partial charge in [0.15, 0.2) is 0 Å². The lowest BCUT2D eigenvalue weighted by Crippen LogP contribution is -2.44. The van der Waals surface area contributed by atoms with Crippen LogP contribution in [-0.2, 0) is 9.59 Å². The van der Waals surface area contributed by atoms with E-state index in [0.29, 0.717) is 11.3 Å². The summed E-state index contributed by atoms with van der Waals surface area (Å²) in [6.07, 6.45) is 1.81. The molecule has 0 heterocycles. The Bertz CT molecular complexity index is 558. The third kappa shape index (κ3) is 4.01. The van der Waals surface area contributed by atoms with Crippen LogP contribution in [0.5, 0.6) is 0 Å². The lowest BCUT2D eigenvalue weighted by Gasteiger charge is -2.25. The average molecular weight is 294 g/mol. The number of aryl methyl sites for hydroxylation is 1. The fourth-order valence-corrected chi connectivity index (χ4v) is 2.17. The SMILES string of the molecule is Cc1ccc(NC(=O)CN(C2CC2)C(C)C(=O)O)cc1F. The minimum absolute atomic E-state index is 0.00632. The number of anilines is 1. The van der Waals surface area contributed by atoms with E-state index in [1.54, 1.807) is 30.9 Å². The van der Waals surface area contributed by atoms with Gasteiger partial charge in [-0.15, -0.1) is 0 Å². The highest BCUT2D eigenvalue weighted by Gasteiger charge is 2.36. The third-order valence-corrected chi connectivity index (χ3v) is 3.65. The molecule has 6 heteroatoms. The van der Waals surface area contributed by atoms with Crippen molar-refractivity contribution in [2.24, 2.45) is 0 Å². The molecule has 2 rings (SSSR count). The van der Waals surface area contributed by atoms with Crippen LogP contribution in [0.1, 0.15) is 25.3 Å². The van der Waals surface area contributed by atoms with Crippen molar-refractivity contribution in [3.05, 3.63) is 29.6 Å². The largest absolute Gasteiger partial charge is 0.480 e. The first kappa shape index (κ1) is 15.4. The maximum atomic E-state index is 13.4. The Morgan fingerprint density at radius 2 is 2.14 bits per heavy atom. The molecule has 0 saturated heterocycles. The second-order valence-corrected chi connectivity index (χ2v) is 5.43. The quantitative estimate of drug-likeness (QED) is 0.842. The summed E-state index contributed by atoms with van der Waals surface area (Å²) < 4.78 is 13.4. The summed E-state index contributed by atoms with van der Waals surface area (Å²) in [5.41, 5.74) is 0.883. The molecule has 114 valence electrons. The highest BCUT2D eigenvalue weighted by atomic mass is 19.1. The first-order chi connectivity index (χ1) is 9.88. The monoisotopic (exact) mass is 294 g/mol. The van der Waals surface area contributed by atoms with Gasteiger partial charge in [0, 0.05) is 11.7 Å². The number of nitrogens with zero attached hydrogens (tertiary/aromatic N) is 1. The number of carboxylic acid groups (broad SMARTS) is 1. The van der Waals surface area contributed by atoms with Gasteiger partial charge in [0.05, 0.1) is 6.54 Å². The molecule has 1 aromatic carbocycles. The summed E-state index contributed by atoms with van der Waals surface area (Å²) in [5, 5.41) is 11.7. The fraction of sp³-hybridized carbons (Fsp3) is 0.467. The third-order valence-electron chi connectivity index (χ3n) is 3.65. The van der Waals surface area contributed by atoms with Crippen molar-refractivity contribution in [2.75, 3.05) is 11.9 Å². The maximum Gasteiger partial charge on any atom is 0.320 e. The molecule has 2 N–H and O–H groups in total. The topological polar surface area (TPSA) is 69.6 Å². The minimum atomic E-state index is -0.948. The normalized spacial score (nSPS) is 15.8. The van der Waals surface area contributed by atoms with E-state index in [2.05, 4.69) is 5.32 Å². The summed E-state index contributed by atoms with van der Waals surface area (Å²) in [6, 6.07) is 3.91. The molecule has 0 aliphatic heterocycles. The van der Waals surface area contributed by atoms with E-state index in [4.69, 9.17) is 5.11 Å². The lowest BCUT2D eigenvalue weighted by molar-refractivity contribution is -0.143. The van der Waals surface area contributed by atoms with Gasteiger partial charge in [-0.2, -0.15) is 0 Å². The average Bonchev–Trinajstić information content (AvgIpc) is 3.24. The Morgan fingerprint density at radius 1 is 1.48 bits per heavy atom. The maximum absolute atomic E-state index is 13.4. The van der Waals surface area contributed by atoms with E-state index in [1.807, 2.05) is 0 Å². The first-order valence-electron chi connectivity index (χ1n) is 6.93. The molecular weight excluding hydrogens is 275 g/mol. The van der Waals surface area contributed by atoms with Crippen LogP contribution in [0.2, 0.25) is 0 Å². The van der Waals surface area contributed by atoms with Crippen molar-refractivity contribution in [1.29, 1.82) is 0 Å². The number of nitrogens with one attached hydrogen (secondary N) is 1. The number of aliphatic carboxylic acids is 1. The van der Waals surface area contributed by atoms with Crippen LogP contribution >= 0.6 is 0 Å². The van der Waals surface area contributed by atoms with Gasteiger partial charge in [0.25, 0.3) is 0 Å². The molecule has 1 aliphatic carbocycles. The van der Waals surface area contributed by atoms with E-state index in [0.717, 1.165) is 12.8 Å². The van der Waals surface area contributed by atoms with Crippen molar-refractivity contribution in [2.45, 2.75) is 38.8 Å². The van der Waals surface area contributed by atoms with Crippen LogP contribution < -0.4 is 5.32 Å². The molecule has 1 aromatic rings. The number of halogens is 1. The Hall–Kier alpha value is -1.95. The van der Waals surface area contributed by atoms with Crippen LogP contribution in [0.4, 0.5) is 10.1 Å². The van der Waals surface area contributed by atoms with Crippen LogP contribution in [0.15, 0.2) is 18.2 Å². The number of hydrogen-bond donors (Lipinski definition) is 2. The zero-order valence-corrected chi connectivity index (χ0v) is 12.1. The van der Waals surface area contributed by atoms with Gasteiger partial charge in [0.1, 0.15) is 11.9 Å². The zero-order chi connectivity index (χ0) is 15.6. The number of hydrogen-bond acceptors (Lipinski definition) is 3. The van der Waals surface area contributed by atoms with Gasteiger partial charge in [-0.05, 0) is 44.4 Å². The van der Waals surface area contributed by atoms with Crippen molar-refractivity contribution < 1.29 is 19.1 Å². The molecule has 1 saturated carbocycles. The van der Waals surface area contributed by atoms with E-state index < -0.39 is 12.0 Å². The van der Waals surface area contributed by atoms with Crippen molar-refractivity contribution in [3.8, 4) is 0 Å². The van der Waals surface area contributed by atoms with Crippen LogP contribution in [0, 0.1) is 12.7 Å². The number of amides is 1. The molecule has 1 atom stereocenters. The smallest absolute Gasteiger partial charge is 0.320 e. The van der Waals surface area contributed by atoms with Crippen molar-refractivity contribution in [1.82, 2.24) is 4.90 Å². The minimum Gasteiger partial charge on any atom is -0.480 e. The van der Waals surface area contributed by atoms with Crippen LogP contribution in [0.3, 0.4) is 0 Å². The molecule has 21 heavy (non-hydrogen) atoms.